The third kappa shape index (κ3) is 3.61. The minimum Gasteiger partial charge on any atom is -0.341 e. The number of anilines is 1. The third-order valence-electron chi connectivity index (χ3n) is 5.78. The van der Waals surface area contributed by atoms with Crippen molar-refractivity contribution in [3.05, 3.63) is 72.1 Å². The van der Waals surface area contributed by atoms with E-state index in [9.17, 15) is 9.59 Å². The van der Waals surface area contributed by atoms with E-state index >= 15 is 0 Å². The smallest absolute Gasteiger partial charge is 0.281 e. The van der Waals surface area contributed by atoms with E-state index in [1.54, 1.807) is 0 Å². The number of para-hydroxylation sites is 2. The van der Waals surface area contributed by atoms with Crippen LogP contribution in [-0.4, -0.2) is 39.5 Å². The highest BCUT2D eigenvalue weighted by atomic mass is 32.1. The first-order valence-corrected chi connectivity index (χ1v) is 10.8. The Morgan fingerprint density at radius 3 is 2.52 bits per heavy atom. The van der Waals surface area contributed by atoms with Crippen LogP contribution < -0.4 is 10.2 Å². The first-order valence-electron chi connectivity index (χ1n) is 10.4. The normalized spacial score (nSPS) is 17.7. The van der Waals surface area contributed by atoms with Crippen molar-refractivity contribution in [2.75, 3.05) is 18.0 Å². The first kappa shape index (κ1) is 19.5. The first-order chi connectivity index (χ1) is 15.1. The minimum absolute atomic E-state index is 0.129. The van der Waals surface area contributed by atoms with Crippen LogP contribution in [0, 0.1) is 0 Å². The lowest BCUT2D eigenvalue weighted by Gasteiger charge is -2.15. The summed E-state index contributed by atoms with van der Waals surface area (Å²) < 4.78 is 1.97. The largest absolute Gasteiger partial charge is 0.341 e. The summed E-state index contributed by atoms with van der Waals surface area (Å²) in [6.45, 7) is 1.96. The summed E-state index contributed by atoms with van der Waals surface area (Å²) in [6, 6.07) is 17.3. The molecule has 0 spiro atoms. The van der Waals surface area contributed by atoms with Gasteiger partial charge in [0, 0.05) is 35.8 Å². The van der Waals surface area contributed by atoms with Crippen molar-refractivity contribution in [1.29, 1.82) is 0 Å². The van der Waals surface area contributed by atoms with Gasteiger partial charge in [0.25, 0.3) is 5.91 Å². The second kappa shape index (κ2) is 8.00. The van der Waals surface area contributed by atoms with Crippen LogP contribution in [0.5, 0.6) is 0 Å². The molecule has 5 rings (SSSR count). The molecule has 2 amide bonds. The Bertz CT molecular complexity index is 1210. The van der Waals surface area contributed by atoms with Gasteiger partial charge in [-0.15, -0.1) is 0 Å². The van der Waals surface area contributed by atoms with Crippen molar-refractivity contribution >= 4 is 51.8 Å². The Morgan fingerprint density at radius 2 is 1.74 bits per heavy atom. The number of likely N-dealkylation sites (tertiary alicyclic amines) is 1. The van der Waals surface area contributed by atoms with Gasteiger partial charge in [0.15, 0.2) is 5.11 Å². The molecular weight excluding hydrogens is 408 g/mol. The third-order valence-corrected chi connectivity index (χ3v) is 6.06. The predicted molar refractivity (Wildman–Crippen MR) is 125 cm³/mol. The van der Waals surface area contributed by atoms with Gasteiger partial charge >= 0.3 is 0 Å². The molecule has 2 aliphatic heterocycles. The number of hydrogen-bond donors (Lipinski definition) is 1. The number of carbonyl (C=O) groups excluding carboxylic acids is 2. The van der Waals surface area contributed by atoms with E-state index in [1.807, 2.05) is 76.3 Å². The SMILES string of the molecule is O=C(Cn1cc(C=C2NC(=S)N(c3ccccc3)C2=O)c2ccccc21)N1CCCC1. The van der Waals surface area contributed by atoms with Crippen molar-refractivity contribution < 1.29 is 9.59 Å². The van der Waals surface area contributed by atoms with E-state index in [-0.39, 0.29) is 11.8 Å². The average molecular weight is 431 g/mol. The highest BCUT2D eigenvalue weighted by Gasteiger charge is 2.32. The van der Waals surface area contributed by atoms with Gasteiger partial charge in [0.05, 0.1) is 5.69 Å². The molecular formula is C24H22N4O2S. The summed E-state index contributed by atoms with van der Waals surface area (Å²) in [6.07, 6.45) is 5.90. The van der Waals surface area contributed by atoms with Crippen LogP contribution in [0.3, 0.4) is 0 Å². The molecule has 156 valence electrons. The Morgan fingerprint density at radius 1 is 1.03 bits per heavy atom. The van der Waals surface area contributed by atoms with Gasteiger partial charge in [-0.3, -0.25) is 14.5 Å². The van der Waals surface area contributed by atoms with Crippen molar-refractivity contribution in [3.63, 3.8) is 0 Å². The molecule has 1 aromatic heterocycles. The Hall–Kier alpha value is -3.45. The molecule has 1 N–H and O–H groups in total. The zero-order chi connectivity index (χ0) is 21.4. The zero-order valence-electron chi connectivity index (χ0n) is 17.0. The van der Waals surface area contributed by atoms with Crippen LogP contribution in [-0.2, 0) is 16.1 Å². The maximum atomic E-state index is 13.1. The maximum absolute atomic E-state index is 13.1. The predicted octanol–water partition coefficient (Wildman–Crippen LogP) is 3.53. The van der Waals surface area contributed by atoms with Gasteiger partial charge in [-0.1, -0.05) is 36.4 Å². The molecule has 0 aliphatic carbocycles. The number of nitrogens with zero attached hydrogens (tertiary/aromatic N) is 3. The van der Waals surface area contributed by atoms with Crippen LogP contribution >= 0.6 is 12.2 Å². The van der Waals surface area contributed by atoms with Gasteiger partial charge in [0.1, 0.15) is 12.2 Å². The van der Waals surface area contributed by atoms with E-state index in [0.717, 1.165) is 48.1 Å². The molecule has 0 atom stereocenters. The van der Waals surface area contributed by atoms with E-state index in [4.69, 9.17) is 12.2 Å². The maximum Gasteiger partial charge on any atom is 0.281 e. The van der Waals surface area contributed by atoms with Crippen molar-refractivity contribution in [1.82, 2.24) is 14.8 Å². The molecule has 0 saturated carbocycles. The molecule has 31 heavy (non-hydrogen) atoms. The number of benzene rings is 2. The molecule has 3 heterocycles. The lowest BCUT2D eigenvalue weighted by molar-refractivity contribution is -0.130. The molecule has 7 heteroatoms. The number of thiocarbonyl (C=S) groups is 1. The van der Waals surface area contributed by atoms with Crippen LogP contribution in [0.1, 0.15) is 18.4 Å². The quantitative estimate of drug-likeness (QED) is 0.508. The van der Waals surface area contributed by atoms with Gasteiger partial charge in [-0.05, 0) is 49.3 Å². The highest BCUT2D eigenvalue weighted by Crippen LogP contribution is 2.27. The van der Waals surface area contributed by atoms with Gasteiger partial charge in [0.2, 0.25) is 5.91 Å². The van der Waals surface area contributed by atoms with Crippen molar-refractivity contribution in [2.45, 2.75) is 19.4 Å². The van der Waals surface area contributed by atoms with Crippen LogP contribution in [0.15, 0.2) is 66.5 Å². The fourth-order valence-electron chi connectivity index (χ4n) is 4.24. The van der Waals surface area contributed by atoms with Gasteiger partial charge < -0.3 is 14.8 Å². The molecule has 2 saturated heterocycles. The molecule has 2 fully saturated rings. The second-order valence-corrected chi connectivity index (χ2v) is 8.17. The lowest BCUT2D eigenvalue weighted by atomic mass is 10.1. The second-order valence-electron chi connectivity index (χ2n) is 7.78. The number of aromatic nitrogens is 1. The number of rotatable bonds is 4. The van der Waals surface area contributed by atoms with Gasteiger partial charge in [-0.25, -0.2) is 0 Å². The molecule has 2 aliphatic rings. The highest BCUT2D eigenvalue weighted by molar-refractivity contribution is 7.80. The van der Waals surface area contributed by atoms with Crippen molar-refractivity contribution in [2.24, 2.45) is 0 Å². The number of hydrogen-bond acceptors (Lipinski definition) is 3. The topological polar surface area (TPSA) is 57.6 Å². The lowest BCUT2D eigenvalue weighted by Crippen LogP contribution is -2.30. The monoisotopic (exact) mass is 430 g/mol. The van der Waals surface area contributed by atoms with Crippen molar-refractivity contribution in [3.8, 4) is 0 Å². The van der Waals surface area contributed by atoms with Crippen LogP contribution in [0.25, 0.3) is 17.0 Å². The Kier molecular flexibility index (Phi) is 5.03. The molecule has 6 nitrogen and oxygen atoms in total. The van der Waals surface area contributed by atoms with E-state index in [0.29, 0.717) is 17.4 Å². The number of nitrogens with one attached hydrogen (secondary N) is 1. The minimum atomic E-state index is -0.193. The fraction of sp³-hybridized carbons (Fsp3) is 0.208. The number of carbonyl (C=O) groups is 2. The number of fused-ring (bicyclic) bond motifs is 1. The molecule has 3 aromatic rings. The van der Waals surface area contributed by atoms with Crippen LogP contribution in [0.2, 0.25) is 0 Å². The van der Waals surface area contributed by atoms with E-state index in [1.165, 1.54) is 4.90 Å². The number of amides is 2. The zero-order valence-corrected chi connectivity index (χ0v) is 17.8. The average Bonchev–Trinajstić information content (AvgIpc) is 3.49. The summed E-state index contributed by atoms with van der Waals surface area (Å²) in [5.41, 5.74) is 2.99. The summed E-state index contributed by atoms with van der Waals surface area (Å²) in [7, 11) is 0. The van der Waals surface area contributed by atoms with E-state index in [2.05, 4.69) is 5.32 Å². The van der Waals surface area contributed by atoms with Gasteiger partial charge in [-0.2, -0.15) is 0 Å². The fourth-order valence-corrected chi connectivity index (χ4v) is 4.53. The van der Waals surface area contributed by atoms with E-state index < -0.39 is 0 Å². The summed E-state index contributed by atoms with van der Waals surface area (Å²) in [5.74, 6) is -0.0647. The molecule has 2 aromatic carbocycles. The van der Waals surface area contributed by atoms with Crippen LogP contribution in [0.4, 0.5) is 5.69 Å². The molecule has 0 bridgehead atoms. The molecule has 0 radical (unpaired) electrons. The Labute approximate surface area is 185 Å². The summed E-state index contributed by atoms with van der Waals surface area (Å²) in [5, 5.41) is 4.39. The summed E-state index contributed by atoms with van der Waals surface area (Å²) >= 11 is 5.41. The Balaban J connectivity index is 1.48. The standard InChI is InChI=1S/C24H22N4O2S/c29-22(26-12-6-7-13-26)16-27-15-17(19-10-4-5-11-21(19)27)14-20-23(30)28(24(31)25-20)18-8-2-1-3-9-18/h1-5,8-11,14-15H,6-7,12-13,16H2,(H,25,31). The summed E-state index contributed by atoms with van der Waals surface area (Å²) in [4.78, 5) is 29.2. The molecule has 0 unspecified atom stereocenters.